The van der Waals surface area contributed by atoms with E-state index in [0.717, 1.165) is 10.5 Å². The molecule has 0 saturated carbocycles. The highest BCUT2D eigenvalue weighted by atomic mass is 16.2. The van der Waals surface area contributed by atoms with Crippen molar-refractivity contribution in [2.24, 2.45) is 0 Å². The summed E-state index contributed by atoms with van der Waals surface area (Å²) in [6, 6.07) is 5.14. The number of imide groups is 1. The van der Waals surface area contributed by atoms with Crippen molar-refractivity contribution in [1.82, 2.24) is 9.80 Å². The summed E-state index contributed by atoms with van der Waals surface area (Å²) in [4.78, 5) is 37.7. The minimum Gasteiger partial charge on any atom is -0.328 e. The van der Waals surface area contributed by atoms with Gasteiger partial charge in [-0.05, 0) is 19.1 Å². The third kappa shape index (κ3) is 1.88. The molecule has 5 heteroatoms. The predicted octanol–water partition coefficient (Wildman–Crippen LogP) is 1.03. The van der Waals surface area contributed by atoms with Gasteiger partial charge in [0.25, 0.3) is 11.8 Å². The monoisotopic (exact) mass is 246 g/mol. The molecule has 94 valence electrons. The second kappa shape index (κ2) is 4.25. The van der Waals surface area contributed by atoms with Gasteiger partial charge in [0.2, 0.25) is 5.91 Å². The molecule has 0 spiro atoms. The molecule has 0 fully saturated rings. The van der Waals surface area contributed by atoms with Crippen molar-refractivity contribution in [3.05, 3.63) is 34.9 Å². The van der Waals surface area contributed by atoms with Gasteiger partial charge in [0.05, 0.1) is 11.1 Å². The zero-order valence-corrected chi connectivity index (χ0v) is 10.6. The van der Waals surface area contributed by atoms with Crippen LogP contribution in [0.3, 0.4) is 0 Å². The van der Waals surface area contributed by atoms with E-state index in [9.17, 15) is 14.4 Å². The molecule has 1 aromatic carbocycles. The summed E-state index contributed by atoms with van der Waals surface area (Å²) in [7, 11) is 1.55. The number of rotatable bonds is 2. The number of aryl methyl sites for hydroxylation is 1. The maximum absolute atomic E-state index is 12.1. The number of hydrogen-bond acceptors (Lipinski definition) is 3. The first-order chi connectivity index (χ1) is 8.41. The van der Waals surface area contributed by atoms with E-state index < -0.39 is 0 Å². The van der Waals surface area contributed by atoms with Gasteiger partial charge in [-0.25, -0.2) is 0 Å². The molecular formula is C13H14N2O3. The predicted molar refractivity (Wildman–Crippen MR) is 65.0 cm³/mol. The molecule has 1 heterocycles. The Hall–Kier alpha value is -2.17. The summed E-state index contributed by atoms with van der Waals surface area (Å²) in [5.74, 6) is -0.877. The van der Waals surface area contributed by atoms with Crippen LogP contribution in [0.5, 0.6) is 0 Å². The lowest BCUT2D eigenvalue weighted by atomic mass is 10.1. The van der Waals surface area contributed by atoms with Gasteiger partial charge in [0.1, 0.15) is 6.67 Å². The van der Waals surface area contributed by atoms with Crippen molar-refractivity contribution in [3.63, 3.8) is 0 Å². The number of nitrogens with zero attached hydrogens (tertiary/aromatic N) is 2. The van der Waals surface area contributed by atoms with E-state index in [4.69, 9.17) is 0 Å². The minimum absolute atomic E-state index is 0.0132. The fourth-order valence-electron chi connectivity index (χ4n) is 1.84. The first kappa shape index (κ1) is 12.3. The van der Waals surface area contributed by atoms with Crippen LogP contribution in [0.15, 0.2) is 18.2 Å². The quantitative estimate of drug-likeness (QED) is 0.732. The van der Waals surface area contributed by atoms with Crippen molar-refractivity contribution in [2.45, 2.75) is 13.8 Å². The van der Waals surface area contributed by atoms with Crippen molar-refractivity contribution in [3.8, 4) is 0 Å². The lowest BCUT2D eigenvalue weighted by molar-refractivity contribution is -0.128. The first-order valence-electron chi connectivity index (χ1n) is 5.60. The highest BCUT2D eigenvalue weighted by molar-refractivity contribution is 6.21. The van der Waals surface area contributed by atoms with E-state index in [1.807, 2.05) is 6.92 Å². The van der Waals surface area contributed by atoms with Crippen LogP contribution in [-0.4, -0.2) is 41.2 Å². The lowest BCUT2D eigenvalue weighted by Crippen LogP contribution is -2.41. The maximum atomic E-state index is 12.1. The maximum Gasteiger partial charge on any atom is 0.263 e. The largest absolute Gasteiger partial charge is 0.328 e. The van der Waals surface area contributed by atoms with Gasteiger partial charge >= 0.3 is 0 Å². The Labute approximate surface area is 105 Å². The third-order valence-electron chi connectivity index (χ3n) is 3.02. The number of hydrogen-bond donors (Lipinski definition) is 0. The van der Waals surface area contributed by atoms with Gasteiger partial charge in [0, 0.05) is 14.0 Å². The molecule has 1 aromatic rings. The molecule has 0 atom stereocenters. The van der Waals surface area contributed by atoms with Crippen LogP contribution in [0.1, 0.15) is 33.2 Å². The fraction of sp³-hybridized carbons (Fsp3) is 0.308. The first-order valence-corrected chi connectivity index (χ1v) is 5.60. The van der Waals surface area contributed by atoms with E-state index in [1.54, 1.807) is 25.2 Å². The van der Waals surface area contributed by atoms with E-state index >= 15 is 0 Å². The van der Waals surface area contributed by atoms with Crippen LogP contribution in [0.4, 0.5) is 0 Å². The molecule has 5 nitrogen and oxygen atoms in total. The number of fused-ring (bicyclic) bond motifs is 1. The summed E-state index contributed by atoms with van der Waals surface area (Å²) in [5.41, 5.74) is 1.75. The van der Waals surface area contributed by atoms with Crippen LogP contribution in [0.25, 0.3) is 0 Å². The molecule has 1 aliphatic heterocycles. The highest BCUT2D eigenvalue weighted by Gasteiger charge is 2.36. The van der Waals surface area contributed by atoms with Gasteiger partial charge in [-0.2, -0.15) is 0 Å². The van der Waals surface area contributed by atoms with Gasteiger partial charge in [0.15, 0.2) is 0 Å². The van der Waals surface area contributed by atoms with E-state index in [1.165, 1.54) is 11.8 Å². The summed E-state index contributed by atoms with van der Waals surface area (Å²) in [5, 5.41) is 0. The average Bonchev–Trinajstić information content (AvgIpc) is 2.54. The molecule has 2 rings (SSSR count). The summed E-state index contributed by atoms with van der Waals surface area (Å²) in [6.45, 7) is 3.24. The Balaban J connectivity index is 2.31. The van der Waals surface area contributed by atoms with Crippen LogP contribution in [0, 0.1) is 6.92 Å². The molecule has 3 amide bonds. The smallest absolute Gasteiger partial charge is 0.263 e. The topological polar surface area (TPSA) is 57.7 Å². The molecule has 0 bridgehead atoms. The molecule has 18 heavy (non-hydrogen) atoms. The zero-order valence-electron chi connectivity index (χ0n) is 10.6. The second-order valence-corrected chi connectivity index (χ2v) is 4.45. The van der Waals surface area contributed by atoms with Crippen molar-refractivity contribution in [1.29, 1.82) is 0 Å². The Morgan fingerprint density at radius 2 is 1.83 bits per heavy atom. The number of carbonyl (C=O) groups is 3. The normalized spacial score (nSPS) is 13.8. The van der Waals surface area contributed by atoms with Crippen LogP contribution < -0.4 is 0 Å². The lowest BCUT2D eigenvalue weighted by Gasteiger charge is -2.21. The summed E-state index contributed by atoms with van der Waals surface area (Å²) in [6.07, 6.45) is 0. The molecule has 0 N–H and O–H groups in total. The molecule has 0 saturated heterocycles. The molecule has 0 aromatic heterocycles. The van der Waals surface area contributed by atoms with Gasteiger partial charge in [-0.3, -0.25) is 19.3 Å². The van der Waals surface area contributed by atoms with Crippen molar-refractivity contribution in [2.75, 3.05) is 13.7 Å². The van der Waals surface area contributed by atoms with E-state index in [0.29, 0.717) is 11.1 Å². The Bertz CT molecular complexity index is 551. The molecular weight excluding hydrogens is 232 g/mol. The van der Waals surface area contributed by atoms with Gasteiger partial charge in [-0.15, -0.1) is 0 Å². The fourth-order valence-corrected chi connectivity index (χ4v) is 1.84. The van der Waals surface area contributed by atoms with E-state index in [-0.39, 0.29) is 24.4 Å². The van der Waals surface area contributed by atoms with Crippen molar-refractivity contribution < 1.29 is 14.4 Å². The SMILES string of the molecule is CC(=O)N(C)CN1C(=O)c2ccc(C)cc2C1=O. The second-order valence-electron chi connectivity index (χ2n) is 4.45. The molecule has 0 aliphatic carbocycles. The average molecular weight is 246 g/mol. The summed E-state index contributed by atoms with van der Waals surface area (Å²) < 4.78 is 0. The number of amides is 3. The van der Waals surface area contributed by atoms with Gasteiger partial charge < -0.3 is 4.90 Å². The van der Waals surface area contributed by atoms with Crippen molar-refractivity contribution >= 4 is 17.7 Å². The molecule has 0 radical (unpaired) electrons. The molecule has 1 aliphatic rings. The standard InChI is InChI=1S/C13H14N2O3/c1-8-4-5-10-11(6-8)13(18)15(12(10)17)7-14(3)9(2)16/h4-6H,7H2,1-3H3. The number of benzene rings is 1. The van der Waals surface area contributed by atoms with E-state index in [2.05, 4.69) is 0 Å². The number of carbonyl (C=O) groups excluding carboxylic acids is 3. The Morgan fingerprint density at radius 3 is 2.44 bits per heavy atom. The third-order valence-corrected chi connectivity index (χ3v) is 3.02. The van der Waals surface area contributed by atoms with Crippen LogP contribution >= 0.6 is 0 Å². The highest BCUT2D eigenvalue weighted by Crippen LogP contribution is 2.23. The molecule has 0 unspecified atom stereocenters. The van der Waals surface area contributed by atoms with Gasteiger partial charge in [-0.1, -0.05) is 11.6 Å². The minimum atomic E-state index is -0.344. The summed E-state index contributed by atoms with van der Waals surface area (Å²) >= 11 is 0. The Kier molecular flexibility index (Phi) is 2.90. The zero-order chi connectivity index (χ0) is 13.4. The Morgan fingerprint density at radius 1 is 1.22 bits per heavy atom. The van der Waals surface area contributed by atoms with Crippen LogP contribution in [0.2, 0.25) is 0 Å². The van der Waals surface area contributed by atoms with Crippen LogP contribution in [-0.2, 0) is 4.79 Å².